The third-order valence-electron chi connectivity index (χ3n) is 1.92. The molecule has 0 aromatic carbocycles. The Morgan fingerprint density at radius 1 is 1.46 bits per heavy atom. The maximum absolute atomic E-state index is 4.21. The van der Waals surface area contributed by atoms with Crippen LogP contribution < -0.4 is 0 Å². The van der Waals surface area contributed by atoms with E-state index in [1.165, 1.54) is 6.33 Å². The topological polar surface area (TPSA) is 54.5 Å². The van der Waals surface area contributed by atoms with Crippen LogP contribution >= 0.6 is 0 Å². The van der Waals surface area contributed by atoms with E-state index in [-0.39, 0.29) is 0 Å². The van der Waals surface area contributed by atoms with Crippen LogP contribution in [0.3, 0.4) is 0 Å². The summed E-state index contributed by atoms with van der Waals surface area (Å²) < 4.78 is 0. The van der Waals surface area contributed by atoms with Crippen LogP contribution in [0.2, 0.25) is 0 Å². The van der Waals surface area contributed by atoms with Crippen LogP contribution in [0.1, 0.15) is 19.5 Å². The summed E-state index contributed by atoms with van der Waals surface area (Å²) in [6.45, 7) is 4.34. The van der Waals surface area contributed by atoms with Crippen molar-refractivity contribution < 1.29 is 0 Å². The van der Waals surface area contributed by atoms with E-state index in [1.54, 1.807) is 0 Å². The van der Waals surface area contributed by atoms with Crippen LogP contribution in [0, 0.1) is 5.92 Å². The highest BCUT2D eigenvalue weighted by Crippen LogP contribution is 2.14. The Kier molecular flexibility index (Phi) is 1.96. The molecule has 0 aliphatic carbocycles. The van der Waals surface area contributed by atoms with Crippen molar-refractivity contribution in [3.63, 3.8) is 0 Å². The number of nitrogens with one attached hydrogen (secondary N) is 1. The lowest BCUT2D eigenvalue weighted by molar-refractivity contribution is 0.636. The molecular weight excluding hydrogens is 164 g/mol. The number of aromatic nitrogens is 4. The SMILES string of the molecule is CC(C)Cc1n[nH]c2ncncc12. The van der Waals surface area contributed by atoms with Crippen LogP contribution in [0.25, 0.3) is 11.0 Å². The molecule has 0 aliphatic heterocycles. The van der Waals surface area contributed by atoms with E-state index in [0.29, 0.717) is 5.92 Å². The van der Waals surface area contributed by atoms with Crippen molar-refractivity contribution in [2.75, 3.05) is 0 Å². The molecule has 1 N–H and O–H groups in total. The predicted octanol–water partition coefficient (Wildman–Crippen LogP) is 1.55. The van der Waals surface area contributed by atoms with Gasteiger partial charge in [0.25, 0.3) is 0 Å². The minimum absolute atomic E-state index is 0.603. The maximum Gasteiger partial charge on any atom is 0.158 e. The summed E-state index contributed by atoms with van der Waals surface area (Å²) >= 11 is 0. The molecule has 13 heavy (non-hydrogen) atoms. The molecule has 0 amide bonds. The number of aromatic amines is 1. The molecule has 0 aliphatic rings. The Morgan fingerprint density at radius 2 is 2.31 bits per heavy atom. The lowest BCUT2D eigenvalue weighted by atomic mass is 10.1. The van der Waals surface area contributed by atoms with Crippen LogP contribution in [0.5, 0.6) is 0 Å². The summed E-state index contributed by atoms with van der Waals surface area (Å²) in [4.78, 5) is 8.06. The van der Waals surface area contributed by atoms with Gasteiger partial charge in [0.1, 0.15) is 6.33 Å². The number of hydrogen-bond donors (Lipinski definition) is 1. The van der Waals surface area contributed by atoms with Gasteiger partial charge >= 0.3 is 0 Å². The first-order chi connectivity index (χ1) is 6.27. The largest absolute Gasteiger partial charge is 0.260 e. The summed E-state index contributed by atoms with van der Waals surface area (Å²) in [5.41, 5.74) is 1.89. The van der Waals surface area contributed by atoms with Gasteiger partial charge in [-0.2, -0.15) is 5.10 Å². The van der Waals surface area contributed by atoms with Gasteiger partial charge in [0.05, 0.1) is 11.1 Å². The molecule has 68 valence electrons. The molecule has 0 saturated carbocycles. The third kappa shape index (κ3) is 1.52. The molecule has 0 unspecified atom stereocenters. The molecule has 2 aromatic heterocycles. The number of hydrogen-bond acceptors (Lipinski definition) is 3. The zero-order valence-electron chi connectivity index (χ0n) is 7.78. The van der Waals surface area contributed by atoms with Gasteiger partial charge in [-0.05, 0) is 12.3 Å². The van der Waals surface area contributed by atoms with E-state index in [9.17, 15) is 0 Å². The van der Waals surface area contributed by atoms with Crippen molar-refractivity contribution in [1.82, 2.24) is 20.2 Å². The van der Waals surface area contributed by atoms with Gasteiger partial charge in [0.15, 0.2) is 5.65 Å². The molecule has 4 nitrogen and oxygen atoms in total. The van der Waals surface area contributed by atoms with Crippen molar-refractivity contribution >= 4 is 11.0 Å². The summed E-state index contributed by atoms with van der Waals surface area (Å²) in [6.07, 6.45) is 4.30. The Morgan fingerprint density at radius 3 is 3.08 bits per heavy atom. The Hall–Kier alpha value is -1.45. The van der Waals surface area contributed by atoms with Gasteiger partial charge in [-0.15, -0.1) is 0 Å². The molecule has 0 saturated heterocycles. The van der Waals surface area contributed by atoms with Crippen molar-refractivity contribution in [1.29, 1.82) is 0 Å². The van der Waals surface area contributed by atoms with Crippen molar-refractivity contribution in [3.05, 3.63) is 18.2 Å². The predicted molar refractivity (Wildman–Crippen MR) is 50.2 cm³/mol. The van der Waals surface area contributed by atoms with Crippen molar-refractivity contribution in [3.8, 4) is 0 Å². The first kappa shape index (κ1) is 8.16. The second-order valence-electron chi connectivity index (χ2n) is 3.55. The van der Waals surface area contributed by atoms with Gasteiger partial charge in [0, 0.05) is 6.20 Å². The number of rotatable bonds is 2. The number of fused-ring (bicyclic) bond motifs is 1. The molecule has 0 bridgehead atoms. The van der Waals surface area contributed by atoms with Gasteiger partial charge in [-0.25, -0.2) is 9.97 Å². The van der Waals surface area contributed by atoms with E-state index in [0.717, 1.165) is 23.1 Å². The molecule has 4 heteroatoms. The molecule has 0 spiro atoms. The lowest BCUT2D eigenvalue weighted by Gasteiger charge is -1.99. The molecular formula is C9H12N4. The monoisotopic (exact) mass is 176 g/mol. The third-order valence-corrected chi connectivity index (χ3v) is 1.92. The summed E-state index contributed by atoms with van der Waals surface area (Å²) in [7, 11) is 0. The number of H-pyrrole nitrogens is 1. The molecule has 0 radical (unpaired) electrons. The van der Waals surface area contributed by atoms with E-state index >= 15 is 0 Å². The van der Waals surface area contributed by atoms with Gasteiger partial charge in [-0.1, -0.05) is 13.8 Å². The van der Waals surface area contributed by atoms with Gasteiger partial charge in [0.2, 0.25) is 0 Å². The molecule has 0 atom stereocenters. The average Bonchev–Trinajstić information content (AvgIpc) is 2.48. The fourth-order valence-electron chi connectivity index (χ4n) is 1.35. The fraction of sp³-hybridized carbons (Fsp3) is 0.444. The van der Waals surface area contributed by atoms with Crippen LogP contribution in [-0.4, -0.2) is 20.2 Å². The van der Waals surface area contributed by atoms with Crippen LogP contribution in [0.4, 0.5) is 0 Å². The van der Waals surface area contributed by atoms with E-state index in [2.05, 4.69) is 34.0 Å². The second-order valence-corrected chi connectivity index (χ2v) is 3.55. The summed E-state index contributed by atoms with van der Waals surface area (Å²) in [5, 5.41) is 8.14. The van der Waals surface area contributed by atoms with Crippen LogP contribution in [0.15, 0.2) is 12.5 Å². The highest BCUT2D eigenvalue weighted by Gasteiger charge is 2.07. The van der Waals surface area contributed by atoms with Crippen LogP contribution in [-0.2, 0) is 6.42 Å². The fourth-order valence-corrected chi connectivity index (χ4v) is 1.35. The summed E-state index contributed by atoms with van der Waals surface area (Å²) in [6, 6.07) is 0. The zero-order chi connectivity index (χ0) is 9.26. The highest BCUT2D eigenvalue weighted by atomic mass is 15.2. The van der Waals surface area contributed by atoms with E-state index in [4.69, 9.17) is 0 Å². The summed E-state index contributed by atoms with van der Waals surface area (Å²) in [5.74, 6) is 0.603. The Labute approximate surface area is 76.4 Å². The second kappa shape index (κ2) is 3.12. The minimum Gasteiger partial charge on any atom is -0.260 e. The standard InChI is InChI=1S/C9H12N4/c1-6(2)3-8-7-4-10-5-11-9(7)13-12-8/h4-6H,3H2,1-2H3,(H,10,11,12,13). The highest BCUT2D eigenvalue weighted by molar-refractivity contribution is 5.76. The molecule has 0 fully saturated rings. The first-order valence-electron chi connectivity index (χ1n) is 4.40. The number of nitrogens with zero attached hydrogens (tertiary/aromatic N) is 3. The molecule has 2 aromatic rings. The Bertz CT molecular complexity index is 405. The lowest BCUT2D eigenvalue weighted by Crippen LogP contribution is -1.94. The van der Waals surface area contributed by atoms with Crippen molar-refractivity contribution in [2.45, 2.75) is 20.3 Å². The van der Waals surface area contributed by atoms with Gasteiger partial charge < -0.3 is 0 Å². The van der Waals surface area contributed by atoms with Crippen molar-refractivity contribution in [2.24, 2.45) is 5.92 Å². The molecule has 2 heterocycles. The smallest absolute Gasteiger partial charge is 0.158 e. The van der Waals surface area contributed by atoms with Gasteiger partial charge in [-0.3, -0.25) is 5.10 Å². The maximum atomic E-state index is 4.21. The minimum atomic E-state index is 0.603. The zero-order valence-corrected chi connectivity index (χ0v) is 7.78. The Balaban J connectivity index is 2.46. The van der Waals surface area contributed by atoms with E-state index in [1.807, 2.05) is 6.20 Å². The first-order valence-corrected chi connectivity index (χ1v) is 4.40. The van der Waals surface area contributed by atoms with E-state index < -0.39 is 0 Å². The molecule has 2 rings (SSSR count). The normalized spacial score (nSPS) is 11.3. The quantitative estimate of drug-likeness (QED) is 0.755. The average molecular weight is 176 g/mol.